The highest BCUT2D eigenvalue weighted by Crippen LogP contribution is 2.32. The minimum absolute atomic E-state index is 0.0556. The first kappa shape index (κ1) is 9.47. The summed E-state index contributed by atoms with van der Waals surface area (Å²) in [5.41, 5.74) is 4.93. The van der Waals surface area contributed by atoms with Gasteiger partial charge >= 0.3 is 6.18 Å². The van der Waals surface area contributed by atoms with Gasteiger partial charge in [-0.3, -0.25) is 0 Å². The van der Waals surface area contributed by atoms with E-state index in [0.29, 0.717) is 5.01 Å². The van der Waals surface area contributed by atoms with Crippen LogP contribution in [0.3, 0.4) is 0 Å². The predicted molar refractivity (Wildman–Crippen MR) is 39.8 cm³/mol. The number of halogens is 3. The van der Waals surface area contributed by atoms with Crippen molar-refractivity contribution in [3.05, 3.63) is 16.1 Å². The number of nitrogens with two attached hydrogens (primary N) is 1. The Morgan fingerprint density at radius 3 is 2.50 bits per heavy atom. The normalized spacial score (nSPS) is 14.8. The molecule has 2 N–H and O–H groups in total. The number of hydrogen-bond acceptors (Lipinski definition) is 3. The van der Waals surface area contributed by atoms with Gasteiger partial charge in [0.2, 0.25) is 0 Å². The van der Waals surface area contributed by atoms with Crippen LogP contribution in [0, 0.1) is 6.92 Å². The van der Waals surface area contributed by atoms with E-state index in [1.165, 1.54) is 0 Å². The minimum Gasteiger partial charge on any atom is -0.316 e. The molecular formula is C6H7F3N2S. The SMILES string of the molecule is Cc1ncc(C(N)C(F)(F)F)s1. The molecule has 0 fully saturated rings. The van der Waals surface area contributed by atoms with Crippen molar-refractivity contribution in [2.45, 2.75) is 19.1 Å². The van der Waals surface area contributed by atoms with Crippen LogP contribution in [0.15, 0.2) is 6.20 Å². The molecule has 0 aromatic carbocycles. The zero-order valence-corrected chi connectivity index (χ0v) is 7.04. The second-order valence-corrected chi connectivity index (χ2v) is 3.57. The number of aryl methyl sites for hydroxylation is 1. The molecule has 1 rings (SSSR count). The smallest absolute Gasteiger partial charge is 0.316 e. The van der Waals surface area contributed by atoms with E-state index in [1.54, 1.807) is 6.92 Å². The standard InChI is InChI=1S/C6H7F3N2S/c1-3-11-2-4(12-3)5(10)6(7,8)9/h2,5H,10H2,1H3. The largest absolute Gasteiger partial charge is 0.408 e. The maximum absolute atomic E-state index is 12.0. The van der Waals surface area contributed by atoms with Crippen molar-refractivity contribution >= 4 is 11.3 Å². The fourth-order valence-electron chi connectivity index (χ4n) is 0.683. The minimum atomic E-state index is -4.38. The Labute approximate surface area is 71.2 Å². The van der Waals surface area contributed by atoms with Gasteiger partial charge in [0.1, 0.15) is 6.04 Å². The van der Waals surface area contributed by atoms with Crippen LogP contribution in [0.4, 0.5) is 13.2 Å². The summed E-state index contributed by atoms with van der Waals surface area (Å²) in [4.78, 5) is 3.75. The lowest BCUT2D eigenvalue weighted by Gasteiger charge is -2.12. The van der Waals surface area contributed by atoms with E-state index in [9.17, 15) is 13.2 Å². The molecule has 0 radical (unpaired) electrons. The van der Waals surface area contributed by atoms with Gasteiger partial charge in [-0.15, -0.1) is 11.3 Å². The number of nitrogens with zero attached hydrogens (tertiary/aromatic N) is 1. The average Bonchev–Trinajstić information content (AvgIpc) is 2.32. The van der Waals surface area contributed by atoms with Gasteiger partial charge in [-0.25, -0.2) is 4.98 Å². The average molecular weight is 196 g/mol. The van der Waals surface area contributed by atoms with Crippen molar-refractivity contribution in [1.29, 1.82) is 0 Å². The topological polar surface area (TPSA) is 38.9 Å². The maximum atomic E-state index is 12.0. The lowest BCUT2D eigenvalue weighted by atomic mass is 10.3. The predicted octanol–water partition coefficient (Wildman–Crippen LogP) is 2.01. The molecule has 0 amide bonds. The van der Waals surface area contributed by atoms with Crippen LogP contribution in [-0.2, 0) is 0 Å². The molecule has 12 heavy (non-hydrogen) atoms. The van der Waals surface area contributed by atoms with Crippen molar-refractivity contribution in [3.63, 3.8) is 0 Å². The quantitative estimate of drug-likeness (QED) is 0.746. The van der Waals surface area contributed by atoms with Crippen LogP contribution in [-0.4, -0.2) is 11.2 Å². The molecule has 0 aliphatic rings. The summed E-state index contributed by atoms with van der Waals surface area (Å²) in [7, 11) is 0. The molecule has 2 nitrogen and oxygen atoms in total. The molecule has 1 atom stereocenters. The molecule has 0 aliphatic carbocycles. The number of thiazole rings is 1. The van der Waals surface area contributed by atoms with Gasteiger partial charge in [0.05, 0.1) is 9.88 Å². The molecule has 1 aromatic heterocycles. The van der Waals surface area contributed by atoms with Gasteiger partial charge in [-0.2, -0.15) is 13.2 Å². The Morgan fingerprint density at radius 2 is 2.17 bits per heavy atom. The fraction of sp³-hybridized carbons (Fsp3) is 0.500. The fourth-order valence-corrected chi connectivity index (χ4v) is 1.50. The second-order valence-electron chi connectivity index (χ2n) is 2.30. The highest BCUT2D eigenvalue weighted by Gasteiger charge is 2.38. The molecule has 1 unspecified atom stereocenters. The second kappa shape index (κ2) is 3.02. The Bertz CT molecular complexity index is 268. The molecule has 0 aliphatic heterocycles. The van der Waals surface area contributed by atoms with E-state index in [4.69, 9.17) is 5.73 Å². The van der Waals surface area contributed by atoms with Gasteiger partial charge < -0.3 is 5.73 Å². The van der Waals surface area contributed by atoms with E-state index in [1.807, 2.05) is 0 Å². The Balaban J connectivity index is 2.85. The molecule has 6 heteroatoms. The third-order valence-electron chi connectivity index (χ3n) is 1.30. The number of aromatic nitrogens is 1. The molecule has 1 heterocycles. The highest BCUT2D eigenvalue weighted by molar-refractivity contribution is 7.11. The van der Waals surface area contributed by atoms with Gasteiger partial charge in [0.25, 0.3) is 0 Å². The lowest BCUT2D eigenvalue weighted by molar-refractivity contribution is -0.148. The van der Waals surface area contributed by atoms with Crippen LogP contribution in [0.2, 0.25) is 0 Å². The highest BCUT2D eigenvalue weighted by atomic mass is 32.1. The van der Waals surface area contributed by atoms with Crippen LogP contribution in [0.5, 0.6) is 0 Å². The molecule has 68 valence electrons. The summed E-state index contributed by atoms with van der Waals surface area (Å²) in [6.45, 7) is 1.64. The van der Waals surface area contributed by atoms with Crippen LogP contribution < -0.4 is 5.73 Å². The molecule has 0 saturated carbocycles. The molecule has 1 aromatic rings. The summed E-state index contributed by atoms with van der Waals surface area (Å²) < 4.78 is 36.0. The number of alkyl halides is 3. The first-order chi connectivity index (χ1) is 5.41. The summed E-state index contributed by atoms with van der Waals surface area (Å²) in [6.07, 6.45) is -3.21. The van der Waals surface area contributed by atoms with Crippen LogP contribution in [0.1, 0.15) is 15.9 Å². The van der Waals surface area contributed by atoms with Gasteiger partial charge in [-0.05, 0) is 6.92 Å². The Kier molecular flexibility index (Phi) is 2.39. The van der Waals surface area contributed by atoms with Gasteiger partial charge in [0, 0.05) is 6.20 Å². The summed E-state index contributed by atoms with van der Waals surface area (Å²) >= 11 is 0.967. The lowest BCUT2D eigenvalue weighted by Crippen LogP contribution is -2.27. The van der Waals surface area contributed by atoms with E-state index >= 15 is 0 Å². The molecule has 0 bridgehead atoms. The first-order valence-corrected chi connectivity index (χ1v) is 3.97. The third-order valence-corrected chi connectivity index (χ3v) is 2.29. The van der Waals surface area contributed by atoms with Crippen molar-refractivity contribution in [2.75, 3.05) is 0 Å². The van der Waals surface area contributed by atoms with E-state index in [-0.39, 0.29) is 4.88 Å². The first-order valence-electron chi connectivity index (χ1n) is 3.16. The molecular weight excluding hydrogens is 189 g/mol. The molecule has 0 spiro atoms. The van der Waals surface area contributed by atoms with Crippen LogP contribution in [0.25, 0.3) is 0 Å². The summed E-state index contributed by atoms with van der Waals surface area (Å²) in [5, 5.41) is 0.588. The third kappa shape index (κ3) is 1.95. The summed E-state index contributed by atoms with van der Waals surface area (Å²) in [6, 6.07) is -1.90. The van der Waals surface area contributed by atoms with E-state index in [2.05, 4.69) is 4.98 Å². The van der Waals surface area contributed by atoms with E-state index in [0.717, 1.165) is 17.5 Å². The number of hydrogen-bond donors (Lipinski definition) is 1. The van der Waals surface area contributed by atoms with Crippen molar-refractivity contribution < 1.29 is 13.2 Å². The maximum Gasteiger partial charge on any atom is 0.408 e. The molecule has 0 saturated heterocycles. The monoisotopic (exact) mass is 196 g/mol. The van der Waals surface area contributed by atoms with Crippen molar-refractivity contribution in [3.8, 4) is 0 Å². The van der Waals surface area contributed by atoms with Gasteiger partial charge in [0.15, 0.2) is 0 Å². The van der Waals surface area contributed by atoms with Gasteiger partial charge in [-0.1, -0.05) is 0 Å². The summed E-state index contributed by atoms with van der Waals surface area (Å²) in [5.74, 6) is 0. The Morgan fingerprint density at radius 1 is 1.58 bits per heavy atom. The van der Waals surface area contributed by atoms with Crippen LogP contribution >= 0.6 is 11.3 Å². The zero-order valence-electron chi connectivity index (χ0n) is 6.22. The zero-order chi connectivity index (χ0) is 9.35. The Hall–Kier alpha value is -0.620. The number of rotatable bonds is 1. The van der Waals surface area contributed by atoms with E-state index < -0.39 is 12.2 Å². The van der Waals surface area contributed by atoms with Crippen molar-refractivity contribution in [2.24, 2.45) is 5.73 Å². The van der Waals surface area contributed by atoms with Crippen molar-refractivity contribution in [1.82, 2.24) is 4.98 Å².